The maximum atomic E-state index is 12.7. The molecule has 1 aromatic rings. The molecule has 1 heterocycles. The number of piperazine rings is 1. The lowest BCUT2D eigenvalue weighted by Crippen LogP contribution is -2.52. The van der Waals surface area contributed by atoms with Crippen LogP contribution >= 0.6 is 0 Å². The van der Waals surface area contributed by atoms with E-state index in [2.05, 4.69) is 47.9 Å². The highest BCUT2D eigenvalue weighted by atomic mass is 16.2. The highest BCUT2D eigenvalue weighted by molar-refractivity contribution is 5.83. The van der Waals surface area contributed by atoms with Crippen LogP contribution in [-0.4, -0.2) is 37.0 Å². The van der Waals surface area contributed by atoms with Gasteiger partial charge in [0.25, 0.3) is 0 Å². The van der Waals surface area contributed by atoms with E-state index in [4.69, 9.17) is 0 Å². The van der Waals surface area contributed by atoms with Gasteiger partial charge in [-0.05, 0) is 37.5 Å². The average Bonchev–Trinajstić information content (AvgIpc) is 2.95. The number of carbonyl (C=O) groups excluding carboxylic acids is 1. The summed E-state index contributed by atoms with van der Waals surface area (Å²) in [6, 6.07) is 8.64. The molecular formula is C18H26N2O. The molecule has 0 unspecified atom stereocenters. The molecule has 1 aliphatic heterocycles. The Morgan fingerprint density at radius 3 is 2.38 bits per heavy atom. The molecule has 1 amide bonds. The third-order valence-electron chi connectivity index (χ3n) is 5.16. The lowest BCUT2D eigenvalue weighted by atomic mass is 9.87. The van der Waals surface area contributed by atoms with Gasteiger partial charge in [0, 0.05) is 37.3 Å². The summed E-state index contributed by atoms with van der Waals surface area (Å²) in [6.07, 6.45) is 4.57. The maximum Gasteiger partial charge on any atom is 0.228 e. The predicted octanol–water partition coefficient (Wildman–Crippen LogP) is 3.22. The second-order valence-electron chi connectivity index (χ2n) is 6.89. The van der Waals surface area contributed by atoms with Crippen molar-refractivity contribution in [2.45, 2.75) is 39.5 Å². The topological polar surface area (TPSA) is 23.6 Å². The fraction of sp³-hybridized carbons (Fsp3) is 0.611. The van der Waals surface area contributed by atoms with Crippen molar-refractivity contribution in [1.29, 1.82) is 0 Å². The Morgan fingerprint density at radius 1 is 1.10 bits per heavy atom. The van der Waals surface area contributed by atoms with E-state index < -0.39 is 0 Å². The number of benzene rings is 1. The molecule has 1 aliphatic carbocycles. The fourth-order valence-electron chi connectivity index (χ4n) is 3.74. The van der Waals surface area contributed by atoms with Crippen LogP contribution in [0, 0.1) is 12.3 Å². The summed E-state index contributed by atoms with van der Waals surface area (Å²) in [7, 11) is 0. The highest BCUT2D eigenvalue weighted by Gasteiger charge is 2.39. The van der Waals surface area contributed by atoms with Crippen LogP contribution in [-0.2, 0) is 4.79 Å². The molecule has 0 aromatic heterocycles. The zero-order chi connectivity index (χ0) is 14.9. The average molecular weight is 286 g/mol. The van der Waals surface area contributed by atoms with Crippen molar-refractivity contribution >= 4 is 11.6 Å². The molecule has 3 heteroatoms. The maximum absolute atomic E-state index is 12.7. The Labute approximate surface area is 127 Å². The van der Waals surface area contributed by atoms with E-state index in [1.165, 1.54) is 24.1 Å². The number of nitrogens with zero attached hydrogens (tertiary/aromatic N) is 2. The van der Waals surface area contributed by atoms with Crippen molar-refractivity contribution in [3.05, 3.63) is 29.8 Å². The molecule has 2 fully saturated rings. The van der Waals surface area contributed by atoms with Gasteiger partial charge < -0.3 is 9.80 Å². The first-order valence-electron chi connectivity index (χ1n) is 8.19. The minimum Gasteiger partial charge on any atom is -0.368 e. The van der Waals surface area contributed by atoms with Crippen LogP contribution in [0.25, 0.3) is 0 Å². The lowest BCUT2D eigenvalue weighted by molar-refractivity contribution is -0.141. The largest absolute Gasteiger partial charge is 0.368 e. The third kappa shape index (κ3) is 2.92. The fourth-order valence-corrected chi connectivity index (χ4v) is 3.74. The molecule has 0 atom stereocenters. The number of hydrogen-bond acceptors (Lipinski definition) is 2. The summed E-state index contributed by atoms with van der Waals surface area (Å²) in [5, 5.41) is 0. The van der Waals surface area contributed by atoms with Crippen molar-refractivity contribution in [2.75, 3.05) is 31.1 Å². The molecule has 0 radical (unpaired) electrons. The van der Waals surface area contributed by atoms with E-state index in [1.807, 2.05) is 0 Å². The second-order valence-corrected chi connectivity index (χ2v) is 6.89. The molecule has 1 saturated heterocycles. The predicted molar refractivity (Wildman–Crippen MR) is 86.5 cm³/mol. The molecule has 21 heavy (non-hydrogen) atoms. The van der Waals surface area contributed by atoms with Crippen LogP contribution in [0.1, 0.15) is 38.2 Å². The van der Waals surface area contributed by atoms with Crippen LogP contribution in [0.15, 0.2) is 24.3 Å². The third-order valence-corrected chi connectivity index (χ3v) is 5.16. The molecule has 1 saturated carbocycles. The SMILES string of the molecule is Cc1cccc(N2CCN(C(=O)C3(C)CCCC3)CC2)c1. The summed E-state index contributed by atoms with van der Waals surface area (Å²) in [6.45, 7) is 7.92. The van der Waals surface area contributed by atoms with Gasteiger partial charge >= 0.3 is 0 Å². The number of amides is 1. The van der Waals surface area contributed by atoms with Crippen molar-refractivity contribution in [2.24, 2.45) is 5.41 Å². The summed E-state index contributed by atoms with van der Waals surface area (Å²) in [4.78, 5) is 17.2. The number of carbonyl (C=O) groups is 1. The smallest absolute Gasteiger partial charge is 0.228 e. The minimum absolute atomic E-state index is 0.0779. The van der Waals surface area contributed by atoms with Gasteiger partial charge in [0.05, 0.1) is 0 Å². The summed E-state index contributed by atoms with van der Waals surface area (Å²) < 4.78 is 0. The molecule has 3 rings (SSSR count). The van der Waals surface area contributed by atoms with E-state index in [-0.39, 0.29) is 5.41 Å². The van der Waals surface area contributed by atoms with Crippen LogP contribution in [0.4, 0.5) is 5.69 Å². The van der Waals surface area contributed by atoms with Crippen molar-refractivity contribution in [3.63, 3.8) is 0 Å². The number of hydrogen-bond donors (Lipinski definition) is 0. The van der Waals surface area contributed by atoms with Crippen LogP contribution < -0.4 is 4.90 Å². The molecule has 0 spiro atoms. The first kappa shape index (κ1) is 14.4. The first-order chi connectivity index (χ1) is 10.1. The molecule has 0 N–H and O–H groups in total. The number of anilines is 1. The van der Waals surface area contributed by atoms with Gasteiger partial charge in [-0.15, -0.1) is 0 Å². The van der Waals surface area contributed by atoms with E-state index in [0.717, 1.165) is 39.0 Å². The zero-order valence-electron chi connectivity index (χ0n) is 13.3. The van der Waals surface area contributed by atoms with Gasteiger partial charge in [-0.2, -0.15) is 0 Å². The van der Waals surface area contributed by atoms with Crippen LogP contribution in [0.5, 0.6) is 0 Å². The second kappa shape index (κ2) is 5.70. The van der Waals surface area contributed by atoms with E-state index in [9.17, 15) is 4.79 Å². The molecule has 3 nitrogen and oxygen atoms in total. The molecular weight excluding hydrogens is 260 g/mol. The van der Waals surface area contributed by atoms with Crippen LogP contribution in [0.2, 0.25) is 0 Å². The summed E-state index contributed by atoms with van der Waals surface area (Å²) >= 11 is 0. The van der Waals surface area contributed by atoms with Crippen molar-refractivity contribution in [3.8, 4) is 0 Å². The van der Waals surface area contributed by atoms with E-state index >= 15 is 0 Å². The number of rotatable bonds is 2. The Hall–Kier alpha value is -1.51. The van der Waals surface area contributed by atoms with Gasteiger partial charge in [-0.1, -0.05) is 31.9 Å². The van der Waals surface area contributed by atoms with Gasteiger partial charge in [-0.25, -0.2) is 0 Å². The molecule has 2 aliphatic rings. The molecule has 114 valence electrons. The molecule has 0 bridgehead atoms. The van der Waals surface area contributed by atoms with E-state index in [0.29, 0.717) is 5.91 Å². The van der Waals surface area contributed by atoms with Gasteiger partial charge in [0.2, 0.25) is 5.91 Å². The number of aryl methyl sites for hydroxylation is 1. The van der Waals surface area contributed by atoms with E-state index in [1.54, 1.807) is 0 Å². The van der Waals surface area contributed by atoms with Gasteiger partial charge in [0.15, 0.2) is 0 Å². The standard InChI is InChI=1S/C18H26N2O/c1-15-6-5-7-16(14-15)19-10-12-20(13-11-19)17(21)18(2)8-3-4-9-18/h5-7,14H,3-4,8-13H2,1-2H3. The van der Waals surface area contributed by atoms with Crippen LogP contribution in [0.3, 0.4) is 0 Å². The Balaban J connectivity index is 1.61. The van der Waals surface area contributed by atoms with Crippen molar-refractivity contribution in [1.82, 2.24) is 4.90 Å². The zero-order valence-corrected chi connectivity index (χ0v) is 13.3. The lowest BCUT2D eigenvalue weighted by Gasteiger charge is -2.39. The monoisotopic (exact) mass is 286 g/mol. The molecule has 1 aromatic carbocycles. The Morgan fingerprint density at radius 2 is 1.76 bits per heavy atom. The Kier molecular flexibility index (Phi) is 3.92. The van der Waals surface area contributed by atoms with Crippen molar-refractivity contribution < 1.29 is 4.79 Å². The minimum atomic E-state index is -0.0779. The Bertz CT molecular complexity index is 512. The van der Waals surface area contributed by atoms with Gasteiger partial charge in [-0.3, -0.25) is 4.79 Å². The quantitative estimate of drug-likeness (QED) is 0.833. The summed E-state index contributed by atoms with van der Waals surface area (Å²) in [5.41, 5.74) is 2.50. The first-order valence-corrected chi connectivity index (χ1v) is 8.19. The normalized spacial score (nSPS) is 21.6. The highest BCUT2D eigenvalue weighted by Crippen LogP contribution is 2.39. The van der Waals surface area contributed by atoms with Gasteiger partial charge in [0.1, 0.15) is 0 Å². The summed E-state index contributed by atoms with van der Waals surface area (Å²) in [5.74, 6) is 0.392.